The summed E-state index contributed by atoms with van der Waals surface area (Å²) in [6.45, 7) is 7.55. The molecular formula is C12H22O3. The van der Waals surface area contributed by atoms with E-state index in [-0.39, 0.29) is 23.9 Å². The molecular weight excluding hydrogens is 192 g/mol. The Morgan fingerprint density at radius 2 is 2.20 bits per heavy atom. The van der Waals surface area contributed by atoms with E-state index in [1.807, 2.05) is 6.92 Å². The molecule has 1 aliphatic rings. The Labute approximate surface area is 91.8 Å². The Balaban J connectivity index is 2.68. The number of ether oxygens (including phenoxy) is 1. The predicted octanol–water partition coefficient (Wildman–Crippen LogP) is 1.78. The van der Waals surface area contributed by atoms with Gasteiger partial charge >= 0.3 is 0 Å². The molecule has 3 nitrogen and oxygen atoms in total. The average Bonchev–Trinajstić information content (AvgIpc) is 2.17. The van der Waals surface area contributed by atoms with Crippen LogP contribution in [0.4, 0.5) is 0 Å². The van der Waals surface area contributed by atoms with Crippen molar-refractivity contribution in [1.29, 1.82) is 0 Å². The van der Waals surface area contributed by atoms with E-state index >= 15 is 0 Å². The lowest BCUT2D eigenvalue weighted by atomic mass is 9.84. The minimum absolute atomic E-state index is 0.0865. The number of aliphatic hydroxyl groups is 1. The number of Topliss-reactive ketones (excluding diaryl/α,β-unsaturated/α-hetero) is 1. The summed E-state index contributed by atoms with van der Waals surface area (Å²) in [5.41, 5.74) is 0. The van der Waals surface area contributed by atoms with Gasteiger partial charge in [0, 0.05) is 5.92 Å². The first-order valence-corrected chi connectivity index (χ1v) is 5.81. The molecule has 0 radical (unpaired) electrons. The van der Waals surface area contributed by atoms with Gasteiger partial charge in [-0.2, -0.15) is 0 Å². The minimum atomic E-state index is -0.498. The van der Waals surface area contributed by atoms with Crippen molar-refractivity contribution in [3.8, 4) is 0 Å². The fraction of sp³-hybridized carbons (Fsp3) is 0.917. The predicted molar refractivity (Wildman–Crippen MR) is 58.6 cm³/mol. The summed E-state index contributed by atoms with van der Waals surface area (Å²) in [6, 6.07) is 0. The standard InChI is InChI=1S/C12H22O3/c1-5-11-7(2)6-10(14)12(15-11)8(3)9(4)13/h7-8,10-12,14H,5-6H2,1-4H3/t7-,8-,10+,11-,12+/m1/s1. The third kappa shape index (κ3) is 2.79. The maximum absolute atomic E-state index is 11.3. The van der Waals surface area contributed by atoms with Crippen molar-refractivity contribution >= 4 is 5.78 Å². The molecule has 1 saturated heterocycles. The van der Waals surface area contributed by atoms with Gasteiger partial charge < -0.3 is 9.84 Å². The highest BCUT2D eigenvalue weighted by Crippen LogP contribution is 2.30. The molecule has 0 aliphatic carbocycles. The number of carbonyl (C=O) groups excluding carboxylic acids is 1. The van der Waals surface area contributed by atoms with Crippen LogP contribution in [-0.2, 0) is 9.53 Å². The van der Waals surface area contributed by atoms with Crippen LogP contribution < -0.4 is 0 Å². The van der Waals surface area contributed by atoms with Gasteiger partial charge in [0.2, 0.25) is 0 Å². The van der Waals surface area contributed by atoms with E-state index < -0.39 is 6.10 Å². The molecule has 1 heterocycles. The maximum atomic E-state index is 11.3. The molecule has 1 fully saturated rings. The molecule has 3 heteroatoms. The minimum Gasteiger partial charge on any atom is -0.390 e. The molecule has 0 aromatic carbocycles. The molecule has 1 N–H and O–H groups in total. The Morgan fingerprint density at radius 3 is 2.67 bits per heavy atom. The van der Waals surface area contributed by atoms with Crippen LogP contribution >= 0.6 is 0 Å². The van der Waals surface area contributed by atoms with Crippen LogP contribution in [0.5, 0.6) is 0 Å². The van der Waals surface area contributed by atoms with Crippen LogP contribution in [0.3, 0.4) is 0 Å². The van der Waals surface area contributed by atoms with E-state index in [4.69, 9.17) is 4.74 Å². The lowest BCUT2D eigenvalue weighted by Crippen LogP contribution is -2.47. The van der Waals surface area contributed by atoms with E-state index in [0.717, 1.165) is 12.8 Å². The summed E-state index contributed by atoms with van der Waals surface area (Å²) in [5, 5.41) is 9.89. The van der Waals surface area contributed by atoms with Crippen LogP contribution in [0.25, 0.3) is 0 Å². The first kappa shape index (κ1) is 12.7. The second-order valence-electron chi connectivity index (χ2n) is 4.73. The summed E-state index contributed by atoms with van der Waals surface area (Å²) < 4.78 is 5.81. The highest BCUT2D eigenvalue weighted by molar-refractivity contribution is 5.78. The SMILES string of the molecule is CC[C@H]1O[C@@H]([C@H](C)C(C)=O)[C@@H](O)C[C@H]1C. The molecule has 0 spiro atoms. The number of carbonyl (C=O) groups is 1. The van der Waals surface area contributed by atoms with E-state index in [1.54, 1.807) is 6.92 Å². The lowest BCUT2D eigenvalue weighted by Gasteiger charge is -2.40. The van der Waals surface area contributed by atoms with Crippen molar-refractivity contribution in [3.05, 3.63) is 0 Å². The second kappa shape index (κ2) is 5.08. The number of hydrogen-bond donors (Lipinski definition) is 1. The molecule has 0 unspecified atom stereocenters. The Morgan fingerprint density at radius 1 is 1.60 bits per heavy atom. The molecule has 1 aliphatic heterocycles. The van der Waals surface area contributed by atoms with E-state index in [1.165, 1.54) is 0 Å². The smallest absolute Gasteiger partial charge is 0.135 e. The zero-order valence-corrected chi connectivity index (χ0v) is 10.1. The van der Waals surface area contributed by atoms with Crippen LogP contribution in [-0.4, -0.2) is 29.2 Å². The molecule has 1 rings (SSSR count). The van der Waals surface area contributed by atoms with Crippen molar-refractivity contribution in [2.24, 2.45) is 11.8 Å². The first-order valence-electron chi connectivity index (χ1n) is 5.81. The molecule has 0 aromatic heterocycles. The van der Waals surface area contributed by atoms with Gasteiger partial charge in [-0.3, -0.25) is 4.79 Å². The van der Waals surface area contributed by atoms with Crippen molar-refractivity contribution in [1.82, 2.24) is 0 Å². The molecule has 0 amide bonds. The average molecular weight is 214 g/mol. The van der Waals surface area contributed by atoms with E-state index in [2.05, 4.69) is 13.8 Å². The quantitative estimate of drug-likeness (QED) is 0.779. The zero-order valence-electron chi connectivity index (χ0n) is 10.1. The molecule has 15 heavy (non-hydrogen) atoms. The highest BCUT2D eigenvalue weighted by Gasteiger charge is 2.38. The molecule has 0 saturated carbocycles. The molecule has 0 aromatic rings. The highest BCUT2D eigenvalue weighted by atomic mass is 16.5. The van der Waals surface area contributed by atoms with Crippen LogP contribution in [0.1, 0.15) is 40.5 Å². The van der Waals surface area contributed by atoms with Gasteiger partial charge in [-0.25, -0.2) is 0 Å². The van der Waals surface area contributed by atoms with Gasteiger partial charge in [-0.1, -0.05) is 20.8 Å². The summed E-state index contributed by atoms with van der Waals surface area (Å²) in [6.07, 6.45) is 1.04. The number of hydrogen-bond acceptors (Lipinski definition) is 3. The monoisotopic (exact) mass is 214 g/mol. The summed E-state index contributed by atoms with van der Waals surface area (Å²) in [7, 11) is 0. The topological polar surface area (TPSA) is 46.5 Å². The van der Waals surface area contributed by atoms with Gasteiger partial charge in [0.1, 0.15) is 5.78 Å². The normalized spacial score (nSPS) is 38.7. The van der Waals surface area contributed by atoms with E-state index in [9.17, 15) is 9.90 Å². The third-order valence-corrected chi connectivity index (χ3v) is 3.50. The van der Waals surface area contributed by atoms with Gasteiger partial charge in [0.05, 0.1) is 18.3 Å². The van der Waals surface area contributed by atoms with Gasteiger partial charge in [0.15, 0.2) is 0 Å². The van der Waals surface area contributed by atoms with Gasteiger partial charge in [0.25, 0.3) is 0 Å². The number of rotatable bonds is 3. The summed E-state index contributed by atoms with van der Waals surface area (Å²) in [5.74, 6) is 0.255. The maximum Gasteiger partial charge on any atom is 0.135 e. The van der Waals surface area contributed by atoms with Crippen molar-refractivity contribution in [2.45, 2.75) is 58.8 Å². The fourth-order valence-corrected chi connectivity index (χ4v) is 2.27. The summed E-state index contributed by atoms with van der Waals surface area (Å²) in [4.78, 5) is 11.3. The van der Waals surface area contributed by atoms with Crippen LogP contribution in [0.15, 0.2) is 0 Å². The molecule has 88 valence electrons. The number of ketones is 1. The second-order valence-corrected chi connectivity index (χ2v) is 4.73. The first-order chi connectivity index (χ1) is 6.97. The van der Waals surface area contributed by atoms with Crippen molar-refractivity contribution in [3.63, 3.8) is 0 Å². The van der Waals surface area contributed by atoms with E-state index in [0.29, 0.717) is 5.92 Å². The Bertz CT molecular complexity index is 227. The summed E-state index contributed by atoms with van der Waals surface area (Å²) >= 11 is 0. The Hall–Kier alpha value is -0.410. The van der Waals surface area contributed by atoms with Gasteiger partial charge in [-0.15, -0.1) is 0 Å². The van der Waals surface area contributed by atoms with Crippen LogP contribution in [0, 0.1) is 11.8 Å². The largest absolute Gasteiger partial charge is 0.390 e. The lowest BCUT2D eigenvalue weighted by molar-refractivity contribution is -0.166. The molecule has 0 bridgehead atoms. The van der Waals surface area contributed by atoms with Crippen LogP contribution in [0.2, 0.25) is 0 Å². The third-order valence-electron chi connectivity index (χ3n) is 3.50. The van der Waals surface area contributed by atoms with Gasteiger partial charge in [-0.05, 0) is 25.7 Å². The van der Waals surface area contributed by atoms with Crippen molar-refractivity contribution in [2.75, 3.05) is 0 Å². The number of aliphatic hydroxyl groups excluding tert-OH is 1. The molecule has 5 atom stereocenters. The zero-order chi connectivity index (χ0) is 11.6. The Kier molecular flexibility index (Phi) is 4.29. The van der Waals surface area contributed by atoms with Crippen molar-refractivity contribution < 1.29 is 14.6 Å². The fourth-order valence-electron chi connectivity index (χ4n) is 2.27.